The predicted molar refractivity (Wildman–Crippen MR) is 64.9 cm³/mol. The zero-order valence-electron chi connectivity index (χ0n) is 11.2. The first kappa shape index (κ1) is 14.9. The molecule has 1 N–H and O–H groups in total. The van der Waals surface area contributed by atoms with E-state index in [4.69, 9.17) is 4.74 Å². The summed E-state index contributed by atoms with van der Waals surface area (Å²) < 4.78 is 5.58. The van der Waals surface area contributed by atoms with Gasteiger partial charge in [0.05, 0.1) is 12.2 Å². The molecule has 0 saturated heterocycles. The van der Waals surface area contributed by atoms with E-state index in [1.807, 2.05) is 6.92 Å². The SMILES string of the molecule is CCOC(C(C)C)C(O)CCC(C)(C)C. The summed E-state index contributed by atoms with van der Waals surface area (Å²) in [6, 6.07) is 0. The monoisotopic (exact) mass is 216 g/mol. The van der Waals surface area contributed by atoms with E-state index in [1.165, 1.54) is 0 Å². The van der Waals surface area contributed by atoms with E-state index in [-0.39, 0.29) is 17.6 Å². The Hall–Kier alpha value is -0.0800. The number of rotatable bonds is 6. The van der Waals surface area contributed by atoms with E-state index in [0.717, 1.165) is 12.8 Å². The second-order valence-electron chi connectivity index (χ2n) is 5.83. The fourth-order valence-corrected chi connectivity index (χ4v) is 1.69. The third kappa shape index (κ3) is 6.91. The molecule has 0 aliphatic carbocycles. The van der Waals surface area contributed by atoms with E-state index in [9.17, 15) is 5.11 Å². The predicted octanol–water partition coefficient (Wildman–Crippen LogP) is 3.23. The lowest BCUT2D eigenvalue weighted by atomic mass is 9.87. The standard InChI is InChI=1S/C13H28O2/c1-7-15-12(10(2)3)11(14)8-9-13(4,5)6/h10-12,14H,7-9H2,1-6H3. The van der Waals surface area contributed by atoms with Gasteiger partial charge in [-0.25, -0.2) is 0 Å². The van der Waals surface area contributed by atoms with Crippen molar-refractivity contribution in [2.24, 2.45) is 11.3 Å². The smallest absolute Gasteiger partial charge is 0.0856 e. The van der Waals surface area contributed by atoms with Crippen LogP contribution in [0.5, 0.6) is 0 Å². The maximum absolute atomic E-state index is 10.0. The normalized spacial score (nSPS) is 16.8. The van der Waals surface area contributed by atoms with Gasteiger partial charge in [0.15, 0.2) is 0 Å². The lowest BCUT2D eigenvalue weighted by Gasteiger charge is -2.28. The molecule has 2 atom stereocenters. The van der Waals surface area contributed by atoms with Crippen LogP contribution >= 0.6 is 0 Å². The number of ether oxygens (including phenoxy) is 1. The van der Waals surface area contributed by atoms with Crippen LogP contribution in [0.2, 0.25) is 0 Å². The summed E-state index contributed by atoms with van der Waals surface area (Å²) in [4.78, 5) is 0. The van der Waals surface area contributed by atoms with Crippen molar-refractivity contribution in [2.75, 3.05) is 6.61 Å². The molecule has 0 radical (unpaired) electrons. The Kier molecular flexibility index (Phi) is 6.46. The van der Waals surface area contributed by atoms with Crippen LogP contribution in [0.3, 0.4) is 0 Å². The molecule has 2 heteroatoms. The van der Waals surface area contributed by atoms with E-state index in [2.05, 4.69) is 34.6 Å². The summed E-state index contributed by atoms with van der Waals surface area (Å²) in [5, 5.41) is 10.0. The molecule has 0 bridgehead atoms. The van der Waals surface area contributed by atoms with Gasteiger partial charge >= 0.3 is 0 Å². The van der Waals surface area contributed by atoms with Gasteiger partial charge in [0.2, 0.25) is 0 Å². The summed E-state index contributed by atoms with van der Waals surface area (Å²) in [6.45, 7) is 13.4. The average molecular weight is 216 g/mol. The number of aliphatic hydroxyl groups excluding tert-OH is 1. The summed E-state index contributed by atoms with van der Waals surface area (Å²) >= 11 is 0. The van der Waals surface area contributed by atoms with E-state index in [1.54, 1.807) is 0 Å². The lowest BCUT2D eigenvalue weighted by molar-refractivity contribution is -0.0625. The van der Waals surface area contributed by atoms with Crippen LogP contribution in [0.25, 0.3) is 0 Å². The quantitative estimate of drug-likeness (QED) is 0.738. The summed E-state index contributed by atoms with van der Waals surface area (Å²) in [6.07, 6.45) is 1.51. The molecule has 0 aliphatic rings. The molecule has 92 valence electrons. The van der Waals surface area contributed by atoms with Crippen LogP contribution in [-0.2, 0) is 4.74 Å². The summed E-state index contributed by atoms with van der Waals surface area (Å²) in [5.74, 6) is 0.375. The Bertz CT molecular complexity index is 158. The highest BCUT2D eigenvalue weighted by Crippen LogP contribution is 2.24. The Morgan fingerprint density at radius 3 is 2.07 bits per heavy atom. The minimum atomic E-state index is -0.329. The molecule has 0 spiro atoms. The van der Waals surface area contributed by atoms with Crippen molar-refractivity contribution in [2.45, 2.75) is 66.6 Å². The van der Waals surface area contributed by atoms with Crippen molar-refractivity contribution in [3.8, 4) is 0 Å². The molecule has 2 unspecified atom stereocenters. The molecule has 0 aromatic rings. The van der Waals surface area contributed by atoms with E-state index < -0.39 is 0 Å². The van der Waals surface area contributed by atoms with Crippen LogP contribution in [0.1, 0.15) is 54.4 Å². The number of aliphatic hydroxyl groups is 1. The maximum Gasteiger partial charge on any atom is 0.0856 e. The number of hydrogen-bond acceptors (Lipinski definition) is 2. The first-order valence-corrected chi connectivity index (χ1v) is 6.07. The van der Waals surface area contributed by atoms with Gasteiger partial charge in [-0.15, -0.1) is 0 Å². The Labute approximate surface area is 95.0 Å². The first-order valence-electron chi connectivity index (χ1n) is 6.07. The average Bonchev–Trinajstić information content (AvgIpc) is 2.08. The van der Waals surface area contributed by atoms with Gasteiger partial charge in [-0.05, 0) is 31.1 Å². The molecule has 0 heterocycles. The number of hydrogen-bond donors (Lipinski definition) is 1. The molecular weight excluding hydrogens is 188 g/mol. The Morgan fingerprint density at radius 1 is 1.20 bits per heavy atom. The maximum atomic E-state index is 10.0. The zero-order valence-corrected chi connectivity index (χ0v) is 11.2. The zero-order chi connectivity index (χ0) is 12.1. The Balaban J connectivity index is 4.08. The summed E-state index contributed by atoms with van der Waals surface area (Å²) in [7, 11) is 0. The second kappa shape index (κ2) is 6.49. The van der Waals surface area contributed by atoms with Crippen molar-refractivity contribution in [1.29, 1.82) is 0 Å². The fourth-order valence-electron chi connectivity index (χ4n) is 1.69. The largest absolute Gasteiger partial charge is 0.390 e. The molecule has 0 amide bonds. The van der Waals surface area contributed by atoms with Gasteiger partial charge in [-0.3, -0.25) is 0 Å². The molecular formula is C13H28O2. The minimum absolute atomic E-state index is 0.0163. The highest BCUT2D eigenvalue weighted by atomic mass is 16.5. The van der Waals surface area contributed by atoms with E-state index in [0.29, 0.717) is 12.5 Å². The summed E-state index contributed by atoms with van der Waals surface area (Å²) in [5.41, 5.74) is 0.286. The van der Waals surface area contributed by atoms with Gasteiger partial charge in [0.25, 0.3) is 0 Å². The van der Waals surface area contributed by atoms with Gasteiger partial charge in [0.1, 0.15) is 0 Å². The third-order valence-electron chi connectivity index (χ3n) is 2.59. The minimum Gasteiger partial charge on any atom is -0.390 e. The molecule has 0 fully saturated rings. The van der Waals surface area contributed by atoms with Crippen LogP contribution < -0.4 is 0 Å². The van der Waals surface area contributed by atoms with Crippen molar-refractivity contribution < 1.29 is 9.84 Å². The first-order chi connectivity index (χ1) is 6.78. The molecule has 0 aromatic heterocycles. The van der Waals surface area contributed by atoms with Crippen molar-refractivity contribution in [1.82, 2.24) is 0 Å². The lowest BCUT2D eigenvalue weighted by Crippen LogP contribution is -2.34. The van der Waals surface area contributed by atoms with Crippen LogP contribution in [-0.4, -0.2) is 23.9 Å². The second-order valence-corrected chi connectivity index (χ2v) is 5.83. The van der Waals surface area contributed by atoms with Crippen LogP contribution in [0.4, 0.5) is 0 Å². The third-order valence-corrected chi connectivity index (χ3v) is 2.59. The highest BCUT2D eigenvalue weighted by molar-refractivity contribution is 4.75. The Morgan fingerprint density at radius 2 is 1.73 bits per heavy atom. The van der Waals surface area contributed by atoms with E-state index >= 15 is 0 Å². The molecule has 0 rings (SSSR count). The molecule has 0 aliphatic heterocycles. The molecule has 0 saturated carbocycles. The molecule has 0 aromatic carbocycles. The fraction of sp³-hybridized carbons (Fsp3) is 1.00. The van der Waals surface area contributed by atoms with Crippen molar-refractivity contribution in [3.63, 3.8) is 0 Å². The van der Waals surface area contributed by atoms with Crippen LogP contribution in [0.15, 0.2) is 0 Å². The topological polar surface area (TPSA) is 29.5 Å². The van der Waals surface area contributed by atoms with Gasteiger partial charge in [0, 0.05) is 6.61 Å². The van der Waals surface area contributed by atoms with Gasteiger partial charge in [-0.2, -0.15) is 0 Å². The van der Waals surface area contributed by atoms with Crippen LogP contribution in [0, 0.1) is 11.3 Å². The molecule has 2 nitrogen and oxygen atoms in total. The molecule has 15 heavy (non-hydrogen) atoms. The highest BCUT2D eigenvalue weighted by Gasteiger charge is 2.24. The van der Waals surface area contributed by atoms with Crippen molar-refractivity contribution >= 4 is 0 Å². The van der Waals surface area contributed by atoms with Gasteiger partial charge in [-0.1, -0.05) is 34.6 Å². The van der Waals surface area contributed by atoms with Crippen molar-refractivity contribution in [3.05, 3.63) is 0 Å². The van der Waals surface area contributed by atoms with Gasteiger partial charge < -0.3 is 9.84 Å².